The van der Waals surface area contributed by atoms with Crippen LogP contribution in [0.25, 0.3) is 0 Å². The van der Waals surface area contributed by atoms with E-state index in [9.17, 15) is 0 Å². The summed E-state index contributed by atoms with van der Waals surface area (Å²) in [5.41, 5.74) is 2.83. The molecule has 0 atom stereocenters. The highest BCUT2D eigenvalue weighted by Crippen LogP contribution is 2.24. The summed E-state index contributed by atoms with van der Waals surface area (Å²) >= 11 is 5.54. The molecule has 2 nitrogen and oxygen atoms in total. The lowest BCUT2D eigenvalue weighted by Gasteiger charge is -2.15. The van der Waals surface area contributed by atoms with Gasteiger partial charge >= 0.3 is 0 Å². The Hall–Kier alpha value is -0.0500. The van der Waals surface area contributed by atoms with Gasteiger partial charge in [0, 0.05) is 31.2 Å². The Labute approximate surface area is 85.9 Å². The van der Waals surface area contributed by atoms with E-state index < -0.39 is 0 Å². The van der Waals surface area contributed by atoms with Gasteiger partial charge in [-0.15, -0.1) is 0 Å². The van der Waals surface area contributed by atoms with E-state index >= 15 is 0 Å². The minimum atomic E-state index is 0.867. The average Bonchev–Trinajstić information content (AvgIpc) is 2.94. The van der Waals surface area contributed by atoms with E-state index in [1.807, 2.05) is 6.92 Å². The van der Waals surface area contributed by atoms with Gasteiger partial charge in [0.2, 0.25) is 0 Å². The van der Waals surface area contributed by atoms with Gasteiger partial charge < -0.3 is 10.2 Å². The standard InChI is InChI=1S/C10H19ClN2/c1-9(7-11)8-12-5-6-13(2)10-3-4-10/h7,10,12H,3-6,8H2,1-2H3. The molecule has 0 aromatic heterocycles. The van der Waals surface area contributed by atoms with Crippen molar-refractivity contribution in [3.8, 4) is 0 Å². The van der Waals surface area contributed by atoms with Crippen LogP contribution >= 0.6 is 11.6 Å². The van der Waals surface area contributed by atoms with Crippen LogP contribution in [-0.2, 0) is 0 Å². The zero-order valence-electron chi connectivity index (χ0n) is 8.52. The Kier molecular flexibility index (Phi) is 4.78. The van der Waals surface area contributed by atoms with Crippen molar-refractivity contribution in [3.05, 3.63) is 11.1 Å². The van der Waals surface area contributed by atoms with Crippen molar-refractivity contribution in [2.75, 3.05) is 26.7 Å². The Morgan fingerprint density at radius 2 is 2.31 bits per heavy atom. The quantitative estimate of drug-likeness (QED) is 0.661. The molecule has 0 saturated heterocycles. The van der Waals surface area contributed by atoms with Crippen molar-refractivity contribution in [3.63, 3.8) is 0 Å². The predicted octanol–water partition coefficient (Wildman–Crippen LogP) is 1.81. The molecule has 0 aromatic carbocycles. The number of rotatable bonds is 6. The maximum absolute atomic E-state index is 5.54. The molecule has 0 spiro atoms. The van der Waals surface area contributed by atoms with Gasteiger partial charge in [-0.25, -0.2) is 0 Å². The van der Waals surface area contributed by atoms with Crippen LogP contribution in [0.3, 0.4) is 0 Å². The van der Waals surface area contributed by atoms with Gasteiger partial charge in [0.05, 0.1) is 0 Å². The highest BCUT2D eigenvalue weighted by atomic mass is 35.5. The first kappa shape index (κ1) is 11.0. The highest BCUT2D eigenvalue weighted by molar-refractivity contribution is 6.25. The number of hydrogen-bond acceptors (Lipinski definition) is 2. The second-order valence-corrected chi connectivity index (χ2v) is 4.06. The van der Waals surface area contributed by atoms with Gasteiger partial charge in [-0.3, -0.25) is 0 Å². The Balaban J connectivity index is 1.94. The summed E-state index contributed by atoms with van der Waals surface area (Å²) in [6.45, 7) is 5.13. The van der Waals surface area contributed by atoms with Crippen LogP contribution in [0.2, 0.25) is 0 Å². The molecule has 0 amide bonds. The molecule has 76 valence electrons. The van der Waals surface area contributed by atoms with E-state index in [-0.39, 0.29) is 0 Å². The summed E-state index contributed by atoms with van der Waals surface area (Å²) in [4.78, 5) is 2.42. The number of nitrogens with zero attached hydrogens (tertiary/aromatic N) is 1. The van der Waals surface area contributed by atoms with E-state index in [2.05, 4.69) is 17.3 Å². The van der Waals surface area contributed by atoms with Crippen molar-refractivity contribution in [1.82, 2.24) is 10.2 Å². The molecule has 0 aromatic rings. The molecule has 1 aliphatic rings. The summed E-state index contributed by atoms with van der Waals surface area (Å²) < 4.78 is 0. The molecule has 0 radical (unpaired) electrons. The van der Waals surface area contributed by atoms with Crippen LogP contribution in [0.4, 0.5) is 0 Å². The molecule has 0 heterocycles. The van der Waals surface area contributed by atoms with Gasteiger partial charge in [-0.05, 0) is 32.4 Å². The van der Waals surface area contributed by atoms with Crippen LogP contribution in [-0.4, -0.2) is 37.6 Å². The first-order valence-corrected chi connectivity index (χ1v) is 5.34. The monoisotopic (exact) mass is 202 g/mol. The largest absolute Gasteiger partial charge is 0.312 e. The van der Waals surface area contributed by atoms with Crippen LogP contribution in [0.5, 0.6) is 0 Å². The molecule has 3 heteroatoms. The fourth-order valence-corrected chi connectivity index (χ4v) is 1.35. The normalized spacial score (nSPS) is 18.3. The molecule has 1 N–H and O–H groups in total. The van der Waals surface area contributed by atoms with E-state index in [1.165, 1.54) is 18.4 Å². The third-order valence-electron chi connectivity index (χ3n) is 2.40. The van der Waals surface area contributed by atoms with Gasteiger partial charge in [-0.1, -0.05) is 11.6 Å². The van der Waals surface area contributed by atoms with E-state index in [1.54, 1.807) is 5.54 Å². The van der Waals surface area contributed by atoms with Crippen LogP contribution in [0, 0.1) is 0 Å². The summed E-state index contributed by atoms with van der Waals surface area (Å²) in [6, 6.07) is 0.867. The second-order valence-electron chi connectivity index (χ2n) is 3.84. The summed E-state index contributed by atoms with van der Waals surface area (Å²) in [6.07, 6.45) is 2.77. The molecule has 0 bridgehead atoms. The second kappa shape index (κ2) is 5.63. The van der Waals surface area contributed by atoms with Crippen LogP contribution < -0.4 is 5.32 Å². The van der Waals surface area contributed by atoms with Gasteiger partial charge in [0.15, 0.2) is 0 Å². The highest BCUT2D eigenvalue weighted by Gasteiger charge is 2.25. The molecule has 13 heavy (non-hydrogen) atoms. The summed E-state index contributed by atoms with van der Waals surface area (Å²) in [5, 5.41) is 3.36. The zero-order valence-corrected chi connectivity index (χ0v) is 9.27. The maximum atomic E-state index is 5.54. The average molecular weight is 203 g/mol. The third kappa shape index (κ3) is 4.65. The van der Waals surface area contributed by atoms with Crippen molar-refractivity contribution < 1.29 is 0 Å². The SMILES string of the molecule is CC(=CCl)CNCCN(C)C1CC1. The molecular formula is C10H19ClN2. The van der Waals surface area contributed by atoms with Crippen LogP contribution in [0.15, 0.2) is 11.1 Å². The number of halogens is 1. The fraction of sp³-hybridized carbons (Fsp3) is 0.800. The van der Waals surface area contributed by atoms with E-state index in [4.69, 9.17) is 11.6 Å². The van der Waals surface area contributed by atoms with Crippen molar-refractivity contribution in [1.29, 1.82) is 0 Å². The number of likely N-dealkylation sites (N-methyl/N-ethyl adjacent to an activating group) is 1. The smallest absolute Gasteiger partial charge is 0.0174 e. The molecule has 0 aliphatic heterocycles. The third-order valence-corrected chi connectivity index (χ3v) is 2.77. The Morgan fingerprint density at radius 1 is 1.62 bits per heavy atom. The lowest BCUT2D eigenvalue weighted by molar-refractivity contribution is 0.323. The molecule has 1 aliphatic carbocycles. The minimum absolute atomic E-state index is 0.867. The summed E-state index contributed by atoms with van der Waals surface area (Å²) in [5.74, 6) is 0. The number of nitrogens with one attached hydrogen (secondary N) is 1. The van der Waals surface area contributed by atoms with Gasteiger partial charge in [-0.2, -0.15) is 0 Å². The van der Waals surface area contributed by atoms with Crippen molar-refractivity contribution in [2.24, 2.45) is 0 Å². The van der Waals surface area contributed by atoms with Crippen LogP contribution in [0.1, 0.15) is 19.8 Å². The van der Waals surface area contributed by atoms with E-state index in [0.29, 0.717) is 0 Å². The van der Waals surface area contributed by atoms with Gasteiger partial charge in [0.1, 0.15) is 0 Å². The first-order valence-electron chi connectivity index (χ1n) is 4.91. The molecule has 1 rings (SSSR count). The Bertz CT molecular complexity index is 176. The molecular weight excluding hydrogens is 184 g/mol. The lowest BCUT2D eigenvalue weighted by Crippen LogP contribution is -2.31. The topological polar surface area (TPSA) is 15.3 Å². The summed E-state index contributed by atoms with van der Waals surface area (Å²) in [7, 11) is 2.20. The minimum Gasteiger partial charge on any atom is -0.312 e. The van der Waals surface area contributed by atoms with Crippen molar-refractivity contribution >= 4 is 11.6 Å². The van der Waals surface area contributed by atoms with Crippen molar-refractivity contribution in [2.45, 2.75) is 25.8 Å². The number of hydrogen-bond donors (Lipinski definition) is 1. The lowest BCUT2D eigenvalue weighted by atomic mass is 10.3. The molecule has 1 saturated carbocycles. The van der Waals surface area contributed by atoms with Gasteiger partial charge in [0.25, 0.3) is 0 Å². The first-order chi connectivity index (χ1) is 6.24. The Morgan fingerprint density at radius 3 is 2.85 bits per heavy atom. The van der Waals surface area contributed by atoms with E-state index in [0.717, 1.165) is 25.7 Å². The molecule has 1 fully saturated rings. The zero-order chi connectivity index (χ0) is 9.68. The molecule has 0 unspecified atom stereocenters. The maximum Gasteiger partial charge on any atom is 0.0174 e. The predicted molar refractivity (Wildman–Crippen MR) is 58.1 cm³/mol. The fourth-order valence-electron chi connectivity index (χ4n) is 1.28.